The van der Waals surface area contributed by atoms with Gasteiger partial charge in [0.05, 0.1) is 10.5 Å². The second-order valence-electron chi connectivity index (χ2n) is 4.90. The van der Waals surface area contributed by atoms with Gasteiger partial charge in [0.25, 0.3) is 5.69 Å². The molecule has 19 heavy (non-hydrogen) atoms. The number of hydrogen-bond donors (Lipinski definition) is 1. The number of non-ortho nitro benzene ring substituents is 1. The van der Waals surface area contributed by atoms with Crippen molar-refractivity contribution in [3.05, 3.63) is 50.5 Å². The molecule has 1 N–H and O–H groups in total. The summed E-state index contributed by atoms with van der Waals surface area (Å²) >= 11 is 1.56. The third kappa shape index (κ3) is 3.08. The van der Waals surface area contributed by atoms with E-state index in [4.69, 9.17) is 0 Å². The molecule has 0 saturated carbocycles. The van der Waals surface area contributed by atoms with Crippen molar-refractivity contribution in [2.24, 2.45) is 0 Å². The Morgan fingerprint density at radius 1 is 1.37 bits per heavy atom. The van der Waals surface area contributed by atoms with Gasteiger partial charge < -0.3 is 5.32 Å². The molecule has 5 nitrogen and oxygen atoms in total. The molecule has 0 aliphatic rings. The van der Waals surface area contributed by atoms with Crippen molar-refractivity contribution in [1.82, 2.24) is 4.98 Å². The third-order valence-corrected chi connectivity index (χ3v) is 3.79. The molecule has 1 aromatic heterocycles. The second kappa shape index (κ2) is 4.97. The number of hydrogen-bond acceptors (Lipinski definition) is 5. The van der Waals surface area contributed by atoms with Crippen LogP contribution in [0.15, 0.2) is 29.8 Å². The lowest BCUT2D eigenvalue weighted by atomic mass is 10.1. The largest absolute Gasteiger partial charge is 0.374 e. The van der Waals surface area contributed by atoms with Gasteiger partial charge in [0, 0.05) is 29.4 Å². The molecule has 0 radical (unpaired) electrons. The number of aromatic nitrogens is 1. The number of nitrogens with zero attached hydrogens (tertiary/aromatic N) is 2. The maximum absolute atomic E-state index is 10.9. The first-order chi connectivity index (χ1) is 8.88. The molecular formula is C13H15N3O2S. The van der Waals surface area contributed by atoms with Gasteiger partial charge in [0.2, 0.25) is 0 Å². The highest BCUT2D eigenvalue weighted by Crippen LogP contribution is 2.29. The van der Waals surface area contributed by atoms with E-state index in [-0.39, 0.29) is 16.1 Å². The number of rotatable bonds is 4. The van der Waals surface area contributed by atoms with Crippen molar-refractivity contribution >= 4 is 22.7 Å². The van der Waals surface area contributed by atoms with Gasteiger partial charge in [-0.15, -0.1) is 11.3 Å². The standard InChI is InChI=1S/C13H15N3O2S/c1-9-6-10(8-11(7-9)16(17)18)15-13(2,3)12-14-4-5-19-12/h4-8,15H,1-3H3. The van der Waals surface area contributed by atoms with Crippen LogP contribution < -0.4 is 5.32 Å². The Kier molecular flexibility index (Phi) is 3.53. The van der Waals surface area contributed by atoms with Crippen LogP contribution in [0.1, 0.15) is 24.4 Å². The first kappa shape index (κ1) is 13.5. The van der Waals surface area contributed by atoms with E-state index in [1.807, 2.05) is 32.2 Å². The van der Waals surface area contributed by atoms with Crippen molar-refractivity contribution in [2.75, 3.05) is 5.32 Å². The summed E-state index contributed by atoms with van der Waals surface area (Å²) in [5.41, 5.74) is 1.31. The van der Waals surface area contributed by atoms with Gasteiger partial charge in [0.1, 0.15) is 5.01 Å². The summed E-state index contributed by atoms with van der Waals surface area (Å²) < 4.78 is 0. The lowest BCUT2D eigenvalue weighted by Crippen LogP contribution is -2.27. The van der Waals surface area contributed by atoms with E-state index in [1.165, 1.54) is 0 Å². The van der Waals surface area contributed by atoms with Crippen molar-refractivity contribution < 1.29 is 4.92 Å². The second-order valence-corrected chi connectivity index (χ2v) is 5.80. The van der Waals surface area contributed by atoms with E-state index in [0.29, 0.717) is 0 Å². The van der Waals surface area contributed by atoms with E-state index in [2.05, 4.69) is 10.3 Å². The van der Waals surface area contributed by atoms with Crippen LogP contribution in [0, 0.1) is 17.0 Å². The van der Waals surface area contributed by atoms with Gasteiger partial charge in [-0.05, 0) is 32.4 Å². The van der Waals surface area contributed by atoms with Gasteiger partial charge in [-0.25, -0.2) is 4.98 Å². The average molecular weight is 277 g/mol. The van der Waals surface area contributed by atoms with Crippen molar-refractivity contribution in [3.63, 3.8) is 0 Å². The van der Waals surface area contributed by atoms with E-state index in [1.54, 1.807) is 29.7 Å². The van der Waals surface area contributed by atoms with E-state index < -0.39 is 0 Å². The van der Waals surface area contributed by atoms with Crippen LogP contribution in [0.3, 0.4) is 0 Å². The quantitative estimate of drug-likeness (QED) is 0.683. The summed E-state index contributed by atoms with van der Waals surface area (Å²) in [6.45, 7) is 5.84. The first-order valence-electron chi connectivity index (χ1n) is 5.83. The van der Waals surface area contributed by atoms with E-state index in [0.717, 1.165) is 16.3 Å². The number of benzene rings is 1. The Labute approximate surface area is 115 Å². The molecule has 1 heterocycles. The van der Waals surface area contributed by atoms with Crippen LogP contribution >= 0.6 is 11.3 Å². The van der Waals surface area contributed by atoms with Gasteiger partial charge >= 0.3 is 0 Å². The highest BCUT2D eigenvalue weighted by atomic mass is 32.1. The zero-order chi connectivity index (χ0) is 14.0. The molecule has 0 amide bonds. The molecule has 0 aliphatic carbocycles. The molecular weight excluding hydrogens is 262 g/mol. The Bertz CT molecular complexity index is 594. The zero-order valence-electron chi connectivity index (χ0n) is 11.0. The number of nitrogens with one attached hydrogen (secondary N) is 1. The maximum atomic E-state index is 10.9. The third-order valence-electron chi connectivity index (χ3n) is 2.70. The molecule has 2 rings (SSSR count). The van der Waals surface area contributed by atoms with Gasteiger partial charge in [-0.2, -0.15) is 0 Å². The molecule has 6 heteroatoms. The molecule has 0 fully saturated rings. The highest BCUT2D eigenvalue weighted by Gasteiger charge is 2.23. The average Bonchev–Trinajstić information content (AvgIpc) is 2.81. The first-order valence-corrected chi connectivity index (χ1v) is 6.71. The van der Waals surface area contributed by atoms with E-state index in [9.17, 15) is 10.1 Å². The molecule has 0 saturated heterocycles. The molecule has 0 atom stereocenters. The van der Waals surface area contributed by atoms with Crippen LogP contribution in [0.2, 0.25) is 0 Å². The van der Waals surface area contributed by atoms with E-state index >= 15 is 0 Å². The van der Waals surface area contributed by atoms with Crippen LogP contribution in [0.25, 0.3) is 0 Å². The molecule has 100 valence electrons. The number of nitro benzene ring substituents is 1. The minimum Gasteiger partial charge on any atom is -0.374 e. The van der Waals surface area contributed by atoms with Gasteiger partial charge in [0.15, 0.2) is 0 Å². The van der Waals surface area contributed by atoms with Crippen LogP contribution in [0.5, 0.6) is 0 Å². The molecule has 2 aromatic rings. The van der Waals surface area contributed by atoms with Crippen LogP contribution in [-0.2, 0) is 5.54 Å². The fraction of sp³-hybridized carbons (Fsp3) is 0.308. The SMILES string of the molecule is Cc1cc(NC(C)(C)c2nccs2)cc([N+](=O)[O-])c1. The Balaban J connectivity index is 2.31. The van der Waals surface area contributed by atoms with Gasteiger partial charge in [-0.3, -0.25) is 10.1 Å². The maximum Gasteiger partial charge on any atom is 0.271 e. The zero-order valence-corrected chi connectivity index (χ0v) is 11.8. The number of aryl methyl sites for hydroxylation is 1. The van der Waals surface area contributed by atoms with Crippen molar-refractivity contribution in [3.8, 4) is 0 Å². The summed E-state index contributed by atoms with van der Waals surface area (Å²) in [7, 11) is 0. The Morgan fingerprint density at radius 2 is 2.11 bits per heavy atom. The molecule has 0 bridgehead atoms. The topological polar surface area (TPSA) is 68.1 Å². The highest BCUT2D eigenvalue weighted by molar-refractivity contribution is 7.09. The summed E-state index contributed by atoms with van der Waals surface area (Å²) in [6, 6.07) is 4.99. The normalized spacial score (nSPS) is 11.3. The molecule has 0 aliphatic heterocycles. The predicted molar refractivity (Wildman–Crippen MR) is 76.6 cm³/mol. The molecule has 1 aromatic carbocycles. The lowest BCUT2D eigenvalue weighted by Gasteiger charge is -2.25. The number of thiazole rings is 1. The van der Waals surface area contributed by atoms with Crippen molar-refractivity contribution in [2.45, 2.75) is 26.3 Å². The number of anilines is 1. The Hall–Kier alpha value is -1.95. The minimum absolute atomic E-state index is 0.0949. The predicted octanol–water partition coefficient (Wildman–Crippen LogP) is 3.71. The van der Waals surface area contributed by atoms with Crippen LogP contribution in [-0.4, -0.2) is 9.91 Å². The fourth-order valence-electron chi connectivity index (χ4n) is 1.89. The molecule has 0 unspecified atom stereocenters. The summed E-state index contributed by atoms with van der Waals surface area (Å²) in [5.74, 6) is 0. The molecule has 0 spiro atoms. The lowest BCUT2D eigenvalue weighted by molar-refractivity contribution is -0.384. The summed E-state index contributed by atoms with van der Waals surface area (Å²) in [6.07, 6.45) is 1.75. The minimum atomic E-state index is -0.380. The van der Waals surface area contributed by atoms with Crippen LogP contribution in [0.4, 0.5) is 11.4 Å². The monoisotopic (exact) mass is 277 g/mol. The smallest absolute Gasteiger partial charge is 0.271 e. The summed E-state index contributed by atoms with van der Waals surface area (Å²) in [5, 5.41) is 17.0. The fourth-order valence-corrected chi connectivity index (χ4v) is 2.60. The van der Waals surface area contributed by atoms with Gasteiger partial charge in [-0.1, -0.05) is 0 Å². The number of nitro groups is 1. The van der Waals surface area contributed by atoms with Crippen molar-refractivity contribution in [1.29, 1.82) is 0 Å². The summed E-state index contributed by atoms with van der Waals surface area (Å²) in [4.78, 5) is 14.8. The Morgan fingerprint density at radius 3 is 2.68 bits per heavy atom.